The molecule has 0 aliphatic carbocycles. The minimum atomic E-state index is -1.26. The topological polar surface area (TPSA) is 51.5 Å². The summed E-state index contributed by atoms with van der Waals surface area (Å²) in [7, 11) is 0. The van der Waals surface area contributed by atoms with Crippen LogP contribution in [0.25, 0.3) is 10.9 Å². The maximum atomic E-state index is 14.3. The first-order valence-corrected chi connectivity index (χ1v) is 7.32. The van der Waals surface area contributed by atoms with Crippen molar-refractivity contribution >= 4 is 16.9 Å². The van der Waals surface area contributed by atoms with Crippen LogP contribution in [-0.2, 0) is 6.54 Å². The second-order valence-electron chi connectivity index (χ2n) is 5.18. The standard InChI is InChI=1S/C18H16FNO3/c1-2-23-14-6-7-16-12(10-14)8-9-20(16)11-13-4-3-5-15(17(13)19)18(21)22/h3-10H,2,11H2,1H3,(H,21,22). The summed E-state index contributed by atoms with van der Waals surface area (Å²) >= 11 is 0. The fraction of sp³-hybridized carbons (Fsp3) is 0.167. The Morgan fingerprint density at radius 1 is 1.26 bits per heavy atom. The molecule has 1 aromatic heterocycles. The molecular formula is C18H16FNO3. The predicted molar refractivity (Wildman–Crippen MR) is 85.6 cm³/mol. The van der Waals surface area contributed by atoms with Crippen LogP contribution < -0.4 is 4.74 Å². The van der Waals surface area contributed by atoms with Crippen LogP contribution in [0.1, 0.15) is 22.8 Å². The van der Waals surface area contributed by atoms with Crippen molar-refractivity contribution in [3.63, 3.8) is 0 Å². The molecule has 0 radical (unpaired) electrons. The predicted octanol–water partition coefficient (Wildman–Crippen LogP) is 3.93. The number of carboxylic acids is 1. The number of hydrogen-bond acceptors (Lipinski definition) is 2. The summed E-state index contributed by atoms with van der Waals surface area (Å²) in [6.07, 6.45) is 1.85. The molecule has 0 saturated heterocycles. The summed E-state index contributed by atoms with van der Waals surface area (Å²) in [4.78, 5) is 11.0. The van der Waals surface area contributed by atoms with E-state index >= 15 is 0 Å². The number of nitrogens with zero attached hydrogens (tertiary/aromatic N) is 1. The molecule has 1 N–H and O–H groups in total. The molecule has 0 aliphatic rings. The summed E-state index contributed by atoms with van der Waals surface area (Å²) in [5, 5.41) is 10.00. The lowest BCUT2D eigenvalue weighted by molar-refractivity contribution is 0.0691. The third-order valence-corrected chi connectivity index (χ3v) is 3.70. The Bertz CT molecular complexity index is 870. The second-order valence-corrected chi connectivity index (χ2v) is 5.18. The van der Waals surface area contributed by atoms with Crippen LogP contribution >= 0.6 is 0 Å². The van der Waals surface area contributed by atoms with Crippen molar-refractivity contribution in [1.29, 1.82) is 0 Å². The zero-order valence-corrected chi connectivity index (χ0v) is 12.6. The van der Waals surface area contributed by atoms with E-state index < -0.39 is 11.8 Å². The largest absolute Gasteiger partial charge is 0.494 e. The second kappa shape index (κ2) is 6.12. The molecule has 0 fully saturated rings. The van der Waals surface area contributed by atoms with Crippen molar-refractivity contribution in [3.05, 3.63) is 65.6 Å². The Labute approximate surface area is 132 Å². The van der Waals surface area contributed by atoms with Crippen molar-refractivity contribution < 1.29 is 19.0 Å². The Balaban J connectivity index is 1.96. The zero-order valence-electron chi connectivity index (χ0n) is 12.6. The number of hydrogen-bond donors (Lipinski definition) is 1. The summed E-state index contributed by atoms with van der Waals surface area (Å²) < 4.78 is 21.6. The highest BCUT2D eigenvalue weighted by molar-refractivity contribution is 5.88. The van der Waals surface area contributed by atoms with Crippen molar-refractivity contribution in [2.24, 2.45) is 0 Å². The third-order valence-electron chi connectivity index (χ3n) is 3.70. The molecule has 1 heterocycles. The SMILES string of the molecule is CCOc1ccc2c(ccn2Cc2cccc(C(=O)O)c2F)c1. The summed E-state index contributed by atoms with van der Waals surface area (Å²) in [5.41, 5.74) is 0.974. The highest BCUT2D eigenvalue weighted by Gasteiger charge is 2.14. The van der Waals surface area contributed by atoms with E-state index in [0.29, 0.717) is 12.2 Å². The minimum Gasteiger partial charge on any atom is -0.494 e. The number of halogens is 1. The van der Waals surface area contributed by atoms with E-state index in [2.05, 4.69) is 0 Å². The van der Waals surface area contributed by atoms with E-state index in [1.54, 1.807) is 12.1 Å². The molecule has 0 bridgehead atoms. The van der Waals surface area contributed by atoms with Gasteiger partial charge in [-0.15, -0.1) is 0 Å². The molecule has 118 valence electrons. The molecule has 4 nitrogen and oxygen atoms in total. The van der Waals surface area contributed by atoms with Crippen molar-refractivity contribution in [3.8, 4) is 5.75 Å². The first kappa shape index (κ1) is 15.1. The fourth-order valence-electron chi connectivity index (χ4n) is 2.62. The molecule has 0 amide bonds. The molecular weight excluding hydrogens is 297 g/mol. The third kappa shape index (κ3) is 2.90. The van der Waals surface area contributed by atoms with Crippen molar-refractivity contribution in [2.45, 2.75) is 13.5 Å². The number of carbonyl (C=O) groups is 1. The van der Waals surface area contributed by atoms with Crippen LogP contribution in [0.4, 0.5) is 4.39 Å². The quantitative estimate of drug-likeness (QED) is 0.776. The number of aromatic nitrogens is 1. The smallest absolute Gasteiger partial charge is 0.338 e. The number of aromatic carboxylic acids is 1. The first-order chi connectivity index (χ1) is 11.1. The van der Waals surface area contributed by atoms with Crippen LogP contribution in [0.15, 0.2) is 48.7 Å². The molecule has 0 atom stereocenters. The van der Waals surface area contributed by atoms with Crippen LogP contribution in [0.5, 0.6) is 5.75 Å². The van der Waals surface area contributed by atoms with Gasteiger partial charge in [-0.3, -0.25) is 0 Å². The van der Waals surface area contributed by atoms with Gasteiger partial charge < -0.3 is 14.4 Å². The number of fused-ring (bicyclic) bond motifs is 1. The van der Waals surface area contributed by atoms with E-state index in [4.69, 9.17) is 9.84 Å². The molecule has 0 saturated carbocycles. The zero-order chi connectivity index (χ0) is 16.4. The Hall–Kier alpha value is -2.82. The average molecular weight is 313 g/mol. The summed E-state index contributed by atoms with van der Waals surface area (Å²) in [6.45, 7) is 2.79. The maximum absolute atomic E-state index is 14.3. The van der Waals surface area contributed by atoms with E-state index in [1.807, 2.05) is 42.0 Å². The Kier molecular flexibility index (Phi) is 4.02. The van der Waals surface area contributed by atoms with Crippen LogP contribution in [0.2, 0.25) is 0 Å². The van der Waals surface area contributed by atoms with E-state index in [0.717, 1.165) is 16.7 Å². The highest BCUT2D eigenvalue weighted by Crippen LogP contribution is 2.24. The van der Waals surface area contributed by atoms with Crippen LogP contribution in [-0.4, -0.2) is 22.2 Å². The van der Waals surface area contributed by atoms with Crippen molar-refractivity contribution in [2.75, 3.05) is 6.61 Å². The lowest BCUT2D eigenvalue weighted by Crippen LogP contribution is -2.06. The van der Waals surface area contributed by atoms with Gasteiger partial charge in [0, 0.05) is 22.7 Å². The Morgan fingerprint density at radius 2 is 2.09 bits per heavy atom. The van der Waals surface area contributed by atoms with Gasteiger partial charge in [-0.2, -0.15) is 0 Å². The van der Waals surface area contributed by atoms with E-state index in [9.17, 15) is 9.18 Å². The summed E-state index contributed by atoms with van der Waals surface area (Å²) in [5.74, 6) is -1.16. The van der Waals surface area contributed by atoms with Crippen LogP contribution in [0, 0.1) is 5.82 Å². The number of ether oxygens (including phenoxy) is 1. The first-order valence-electron chi connectivity index (χ1n) is 7.32. The van der Waals surface area contributed by atoms with Gasteiger partial charge in [0.15, 0.2) is 0 Å². The molecule has 23 heavy (non-hydrogen) atoms. The highest BCUT2D eigenvalue weighted by atomic mass is 19.1. The molecule has 0 unspecified atom stereocenters. The van der Waals surface area contributed by atoms with Crippen molar-refractivity contribution in [1.82, 2.24) is 4.57 Å². The monoisotopic (exact) mass is 313 g/mol. The van der Waals surface area contributed by atoms with Gasteiger partial charge in [-0.1, -0.05) is 12.1 Å². The normalized spacial score (nSPS) is 10.9. The number of benzene rings is 2. The van der Waals surface area contributed by atoms with E-state index in [-0.39, 0.29) is 12.1 Å². The lowest BCUT2D eigenvalue weighted by atomic mass is 10.1. The molecule has 3 rings (SSSR count). The summed E-state index contributed by atoms with van der Waals surface area (Å²) in [6, 6.07) is 12.1. The average Bonchev–Trinajstić information content (AvgIpc) is 2.92. The number of carboxylic acid groups (broad SMARTS) is 1. The lowest BCUT2D eigenvalue weighted by Gasteiger charge is -2.09. The minimum absolute atomic E-state index is 0.268. The maximum Gasteiger partial charge on any atom is 0.338 e. The molecule has 2 aromatic carbocycles. The van der Waals surface area contributed by atoms with Crippen LogP contribution in [0.3, 0.4) is 0 Å². The molecule has 5 heteroatoms. The van der Waals surface area contributed by atoms with Gasteiger partial charge in [0.05, 0.1) is 18.7 Å². The van der Waals surface area contributed by atoms with Gasteiger partial charge in [0.1, 0.15) is 11.6 Å². The fourth-order valence-corrected chi connectivity index (χ4v) is 2.62. The van der Waals surface area contributed by atoms with Gasteiger partial charge in [-0.25, -0.2) is 9.18 Å². The van der Waals surface area contributed by atoms with E-state index in [1.165, 1.54) is 6.07 Å². The Morgan fingerprint density at radius 3 is 2.83 bits per heavy atom. The van der Waals surface area contributed by atoms with Gasteiger partial charge >= 0.3 is 5.97 Å². The van der Waals surface area contributed by atoms with Gasteiger partial charge in [0.25, 0.3) is 0 Å². The number of rotatable bonds is 5. The molecule has 0 aliphatic heterocycles. The van der Waals surface area contributed by atoms with Gasteiger partial charge in [-0.05, 0) is 37.3 Å². The molecule has 3 aromatic rings. The van der Waals surface area contributed by atoms with Gasteiger partial charge in [0.2, 0.25) is 0 Å². The molecule has 0 spiro atoms.